The van der Waals surface area contributed by atoms with E-state index in [9.17, 15) is 9.90 Å². The van der Waals surface area contributed by atoms with E-state index in [1.54, 1.807) is 0 Å². The minimum Gasteiger partial charge on any atom is -0.390 e. The first-order valence-corrected chi connectivity index (χ1v) is 9.70. The standard InChI is InChI=1S/C23H32N2O2/c1-18(2)14-22(23(27)15-24-19(3)26)25(16-20-10-6-4-7-11-20)17-21-12-8-5-9-13-21/h4-13,18,22-23,27H,14-17H2,1-3H3,(H,24,26)/t22-,23-/m0/s1. The summed E-state index contributed by atoms with van der Waals surface area (Å²) in [5.74, 6) is 0.325. The Morgan fingerprint density at radius 2 is 1.44 bits per heavy atom. The molecule has 1 amide bonds. The van der Waals surface area contributed by atoms with E-state index in [0.29, 0.717) is 5.92 Å². The van der Waals surface area contributed by atoms with Gasteiger partial charge >= 0.3 is 0 Å². The first-order chi connectivity index (χ1) is 13.0. The van der Waals surface area contributed by atoms with E-state index in [4.69, 9.17) is 0 Å². The zero-order valence-electron chi connectivity index (χ0n) is 16.6. The third-order valence-corrected chi connectivity index (χ3v) is 4.64. The molecule has 0 aliphatic rings. The first kappa shape index (κ1) is 21.1. The lowest BCUT2D eigenvalue weighted by Crippen LogP contribution is -2.48. The number of aliphatic hydroxyl groups is 1. The normalized spacial score (nSPS) is 13.6. The highest BCUT2D eigenvalue weighted by molar-refractivity contribution is 5.72. The van der Waals surface area contributed by atoms with Crippen molar-refractivity contribution in [2.24, 2.45) is 5.92 Å². The van der Waals surface area contributed by atoms with Gasteiger partial charge in [0.1, 0.15) is 0 Å². The largest absolute Gasteiger partial charge is 0.390 e. The zero-order chi connectivity index (χ0) is 19.6. The monoisotopic (exact) mass is 368 g/mol. The van der Waals surface area contributed by atoms with E-state index in [-0.39, 0.29) is 18.5 Å². The molecule has 2 aromatic rings. The fraction of sp³-hybridized carbons (Fsp3) is 0.435. The van der Waals surface area contributed by atoms with Gasteiger partial charge in [-0.25, -0.2) is 0 Å². The second kappa shape index (κ2) is 10.9. The van der Waals surface area contributed by atoms with E-state index >= 15 is 0 Å². The van der Waals surface area contributed by atoms with Crippen LogP contribution in [0, 0.1) is 5.92 Å². The fourth-order valence-electron chi connectivity index (χ4n) is 3.34. The van der Waals surface area contributed by atoms with Crippen LogP contribution < -0.4 is 5.32 Å². The van der Waals surface area contributed by atoms with Gasteiger partial charge in [-0.05, 0) is 23.5 Å². The van der Waals surface area contributed by atoms with Crippen molar-refractivity contribution in [1.82, 2.24) is 10.2 Å². The Hall–Kier alpha value is -2.17. The molecule has 146 valence electrons. The van der Waals surface area contributed by atoms with Crippen LogP contribution in [0.25, 0.3) is 0 Å². The molecule has 0 radical (unpaired) electrons. The number of carbonyl (C=O) groups excluding carboxylic acids is 1. The van der Waals surface area contributed by atoms with Crippen LogP contribution in [0.5, 0.6) is 0 Å². The van der Waals surface area contributed by atoms with Gasteiger partial charge in [0.2, 0.25) is 5.91 Å². The molecular formula is C23H32N2O2. The van der Waals surface area contributed by atoms with Gasteiger partial charge in [0.15, 0.2) is 0 Å². The number of aliphatic hydroxyl groups excluding tert-OH is 1. The molecule has 27 heavy (non-hydrogen) atoms. The van der Waals surface area contributed by atoms with Crippen molar-refractivity contribution in [2.75, 3.05) is 6.54 Å². The van der Waals surface area contributed by atoms with E-state index in [2.05, 4.69) is 48.3 Å². The summed E-state index contributed by atoms with van der Waals surface area (Å²) in [7, 11) is 0. The third-order valence-electron chi connectivity index (χ3n) is 4.64. The summed E-state index contributed by atoms with van der Waals surface area (Å²) in [5, 5.41) is 13.6. The Labute approximate surface area is 163 Å². The van der Waals surface area contributed by atoms with Gasteiger partial charge in [-0.1, -0.05) is 74.5 Å². The highest BCUT2D eigenvalue weighted by Crippen LogP contribution is 2.21. The lowest BCUT2D eigenvalue weighted by molar-refractivity contribution is -0.119. The van der Waals surface area contributed by atoms with Crippen LogP contribution in [0.3, 0.4) is 0 Å². The van der Waals surface area contributed by atoms with Gasteiger partial charge in [-0.15, -0.1) is 0 Å². The van der Waals surface area contributed by atoms with Crippen LogP contribution in [-0.4, -0.2) is 34.6 Å². The van der Waals surface area contributed by atoms with Crippen molar-refractivity contribution in [1.29, 1.82) is 0 Å². The third kappa shape index (κ3) is 7.53. The molecule has 0 unspecified atom stereocenters. The minimum absolute atomic E-state index is 0.0442. The van der Waals surface area contributed by atoms with Gasteiger partial charge in [0.25, 0.3) is 0 Å². The van der Waals surface area contributed by atoms with Crippen LogP contribution in [0.1, 0.15) is 38.3 Å². The maximum Gasteiger partial charge on any atom is 0.216 e. The van der Waals surface area contributed by atoms with Crippen molar-refractivity contribution < 1.29 is 9.90 Å². The quantitative estimate of drug-likeness (QED) is 0.674. The van der Waals surface area contributed by atoms with E-state index in [0.717, 1.165) is 19.5 Å². The van der Waals surface area contributed by atoms with E-state index < -0.39 is 6.10 Å². The van der Waals surface area contributed by atoms with Crippen molar-refractivity contribution in [2.45, 2.75) is 52.4 Å². The Balaban J connectivity index is 2.24. The molecule has 0 bridgehead atoms. The van der Waals surface area contributed by atoms with Crippen LogP contribution >= 0.6 is 0 Å². The SMILES string of the molecule is CC(=O)NC[C@H](O)[C@H](CC(C)C)N(Cc1ccccc1)Cc1ccccc1. The number of nitrogens with zero attached hydrogens (tertiary/aromatic N) is 1. The predicted molar refractivity (Wildman–Crippen MR) is 110 cm³/mol. The Morgan fingerprint density at radius 3 is 1.85 bits per heavy atom. The van der Waals surface area contributed by atoms with Crippen LogP contribution in [-0.2, 0) is 17.9 Å². The lowest BCUT2D eigenvalue weighted by Gasteiger charge is -2.36. The molecule has 0 saturated carbocycles. The molecule has 0 spiro atoms. The molecule has 0 heterocycles. The van der Waals surface area contributed by atoms with Gasteiger partial charge in [-0.2, -0.15) is 0 Å². The van der Waals surface area contributed by atoms with E-state index in [1.165, 1.54) is 18.1 Å². The molecule has 0 fully saturated rings. The summed E-state index contributed by atoms with van der Waals surface area (Å²) >= 11 is 0. The predicted octanol–water partition coefficient (Wildman–Crippen LogP) is 3.60. The molecule has 0 aromatic heterocycles. The van der Waals surface area contributed by atoms with Crippen molar-refractivity contribution in [3.63, 3.8) is 0 Å². The number of rotatable bonds is 10. The number of hydrogen-bond acceptors (Lipinski definition) is 3. The van der Waals surface area contributed by atoms with Gasteiger partial charge in [0.05, 0.1) is 6.10 Å². The molecule has 4 nitrogen and oxygen atoms in total. The number of benzene rings is 2. The minimum atomic E-state index is -0.622. The molecule has 2 N–H and O–H groups in total. The van der Waals surface area contributed by atoms with Crippen LogP contribution in [0.2, 0.25) is 0 Å². The Bertz CT molecular complexity index is 632. The topological polar surface area (TPSA) is 52.6 Å². The Morgan fingerprint density at radius 1 is 0.963 bits per heavy atom. The summed E-state index contributed by atoms with van der Waals surface area (Å²) in [6.07, 6.45) is 0.240. The molecule has 0 saturated heterocycles. The molecule has 2 atom stereocenters. The van der Waals surface area contributed by atoms with Crippen molar-refractivity contribution in [3.8, 4) is 0 Å². The van der Waals surface area contributed by atoms with Gasteiger partial charge in [0, 0.05) is 32.6 Å². The second-order valence-corrected chi connectivity index (χ2v) is 7.58. The fourth-order valence-corrected chi connectivity index (χ4v) is 3.34. The number of carbonyl (C=O) groups is 1. The number of hydrogen-bond donors (Lipinski definition) is 2. The maximum atomic E-state index is 11.3. The smallest absolute Gasteiger partial charge is 0.216 e. The summed E-state index contributed by atoms with van der Waals surface area (Å²) in [6.45, 7) is 7.60. The van der Waals surface area contributed by atoms with Gasteiger partial charge in [-0.3, -0.25) is 9.69 Å². The number of amides is 1. The van der Waals surface area contributed by atoms with Gasteiger partial charge < -0.3 is 10.4 Å². The average molecular weight is 369 g/mol. The number of nitrogens with one attached hydrogen (secondary N) is 1. The summed E-state index contributed by atoms with van der Waals surface area (Å²) < 4.78 is 0. The summed E-state index contributed by atoms with van der Waals surface area (Å²) in [4.78, 5) is 13.6. The van der Waals surface area contributed by atoms with E-state index in [1.807, 2.05) is 36.4 Å². The highest BCUT2D eigenvalue weighted by atomic mass is 16.3. The lowest BCUT2D eigenvalue weighted by atomic mass is 9.96. The Kier molecular flexibility index (Phi) is 8.49. The molecule has 0 aliphatic carbocycles. The second-order valence-electron chi connectivity index (χ2n) is 7.58. The van der Waals surface area contributed by atoms with Crippen molar-refractivity contribution in [3.05, 3.63) is 71.8 Å². The molecule has 2 rings (SSSR count). The first-order valence-electron chi connectivity index (χ1n) is 9.70. The zero-order valence-corrected chi connectivity index (χ0v) is 16.6. The molecule has 4 heteroatoms. The summed E-state index contributed by atoms with van der Waals surface area (Å²) in [6, 6.07) is 20.6. The highest BCUT2D eigenvalue weighted by Gasteiger charge is 2.27. The molecule has 0 aliphatic heterocycles. The summed E-state index contributed by atoms with van der Waals surface area (Å²) in [5.41, 5.74) is 2.43. The van der Waals surface area contributed by atoms with Crippen molar-refractivity contribution >= 4 is 5.91 Å². The van der Waals surface area contributed by atoms with Crippen LogP contribution in [0.15, 0.2) is 60.7 Å². The average Bonchev–Trinajstić information content (AvgIpc) is 2.65. The molecular weight excluding hydrogens is 336 g/mol. The maximum absolute atomic E-state index is 11.3. The van der Waals surface area contributed by atoms with Crippen LogP contribution in [0.4, 0.5) is 0 Å². The molecule has 2 aromatic carbocycles.